The van der Waals surface area contributed by atoms with Gasteiger partial charge in [0.05, 0.1) is 6.10 Å². The fraction of sp³-hybridized carbons (Fsp3) is 0.833. The maximum absolute atomic E-state index is 6.08. The van der Waals surface area contributed by atoms with Crippen LogP contribution in [0.25, 0.3) is 0 Å². The van der Waals surface area contributed by atoms with E-state index in [1.807, 2.05) is 6.92 Å². The molecule has 0 radical (unpaired) electrons. The van der Waals surface area contributed by atoms with Crippen LogP contribution in [0.3, 0.4) is 0 Å². The van der Waals surface area contributed by atoms with Crippen molar-refractivity contribution in [3.8, 4) is 0 Å². The van der Waals surface area contributed by atoms with Crippen LogP contribution in [0.15, 0.2) is 12.2 Å². The van der Waals surface area contributed by atoms with Crippen molar-refractivity contribution in [3.63, 3.8) is 0 Å². The summed E-state index contributed by atoms with van der Waals surface area (Å²) in [5.74, 6) is 0.611. The first-order valence-corrected chi connectivity index (χ1v) is 5.81. The van der Waals surface area contributed by atoms with Crippen molar-refractivity contribution >= 4 is 0 Å². The maximum atomic E-state index is 6.08. The van der Waals surface area contributed by atoms with E-state index < -0.39 is 0 Å². The average molecular weight is 194 g/mol. The van der Waals surface area contributed by atoms with E-state index in [4.69, 9.17) is 9.47 Å². The molecule has 1 spiro atoms. The molecule has 0 bridgehead atoms. The summed E-state index contributed by atoms with van der Waals surface area (Å²) < 4.78 is 11.9. The Labute approximate surface area is 85.3 Å². The molecule has 0 aromatic heterocycles. The normalized spacial score (nSPS) is 51.4. The van der Waals surface area contributed by atoms with Crippen molar-refractivity contribution in [3.05, 3.63) is 12.2 Å². The zero-order chi connectivity index (χ0) is 9.60. The third-order valence-corrected chi connectivity index (χ3v) is 3.97. The molecule has 78 valence electrons. The molecule has 1 aliphatic heterocycles. The molecule has 1 heterocycles. The van der Waals surface area contributed by atoms with Crippen LogP contribution >= 0.6 is 0 Å². The molecule has 4 atom stereocenters. The van der Waals surface area contributed by atoms with Crippen molar-refractivity contribution < 1.29 is 9.47 Å². The van der Waals surface area contributed by atoms with Crippen molar-refractivity contribution in [2.24, 2.45) is 5.92 Å². The molecule has 1 saturated heterocycles. The van der Waals surface area contributed by atoms with Crippen molar-refractivity contribution in [1.82, 2.24) is 0 Å². The molecular weight excluding hydrogens is 176 g/mol. The van der Waals surface area contributed by atoms with Crippen molar-refractivity contribution in [2.45, 2.75) is 57.0 Å². The van der Waals surface area contributed by atoms with Gasteiger partial charge in [-0.2, -0.15) is 0 Å². The van der Waals surface area contributed by atoms with E-state index in [9.17, 15) is 0 Å². The summed E-state index contributed by atoms with van der Waals surface area (Å²) in [6.45, 7) is 2.03. The van der Waals surface area contributed by atoms with Crippen LogP contribution in [0.4, 0.5) is 0 Å². The molecule has 2 aliphatic carbocycles. The monoisotopic (exact) mass is 194 g/mol. The van der Waals surface area contributed by atoms with Gasteiger partial charge in [-0.15, -0.1) is 0 Å². The lowest BCUT2D eigenvalue weighted by Crippen LogP contribution is -2.49. The Morgan fingerprint density at radius 2 is 2.29 bits per heavy atom. The lowest BCUT2D eigenvalue weighted by molar-refractivity contribution is -0.104. The second kappa shape index (κ2) is 3.07. The van der Waals surface area contributed by atoms with E-state index in [2.05, 4.69) is 12.2 Å². The first-order chi connectivity index (χ1) is 6.81. The van der Waals surface area contributed by atoms with Crippen LogP contribution in [0.2, 0.25) is 0 Å². The van der Waals surface area contributed by atoms with E-state index >= 15 is 0 Å². The highest BCUT2D eigenvalue weighted by molar-refractivity contribution is 5.14. The van der Waals surface area contributed by atoms with E-state index in [0.717, 1.165) is 6.42 Å². The van der Waals surface area contributed by atoms with Crippen molar-refractivity contribution in [2.75, 3.05) is 0 Å². The molecule has 2 nitrogen and oxygen atoms in total. The third-order valence-electron chi connectivity index (χ3n) is 3.97. The third kappa shape index (κ3) is 1.10. The molecular formula is C12H18O2. The Morgan fingerprint density at radius 3 is 3.21 bits per heavy atom. The van der Waals surface area contributed by atoms with Gasteiger partial charge in [-0.25, -0.2) is 0 Å². The summed E-state index contributed by atoms with van der Waals surface area (Å²) in [6, 6.07) is 0. The topological polar surface area (TPSA) is 18.5 Å². The van der Waals surface area contributed by atoms with Gasteiger partial charge in [-0.3, -0.25) is 0 Å². The predicted octanol–water partition coefficient (Wildman–Crippen LogP) is 2.64. The van der Waals surface area contributed by atoms with Crippen LogP contribution < -0.4 is 0 Å². The number of hydrogen-bond acceptors (Lipinski definition) is 2. The molecule has 3 aliphatic rings. The molecule has 2 fully saturated rings. The van der Waals surface area contributed by atoms with Crippen LogP contribution in [-0.2, 0) is 9.47 Å². The minimum absolute atomic E-state index is 0.000463. The molecule has 2 heteroatoms. The van der Waals surface area contributed by atoms with E-state index in [-0.39, 0.29) is 11.9 Å². The van der Waals surface area contributed by atoms with Crippen LogP contribution in [-0.4, -0.2) is 18.0 Å². The highest BCUT2D eigenvalue weighted by Gasteiger charge is 2.54. The summed E-state index contributed by atoms with van der Waals surface area (Å²) >= 11 is 0. The SMILES string of the molecule is CC1OC2CC=CC3CCCCC32O1. The summed E-state index contributed by atoms with van der Waals surface area (Å²) in [7, 11) is 0. The molecule has 0 N–H and O–H groups in total. The first-order valence-electron chi connectivity index (χ1n) is 5.81. The Hall–Kier alpha value is -0.340. The Morgan fingerprint density at radius 1 is 1.36 bits per heavy atom. The second-order valence-electron chi connectivity index (χ2n) is 4.78. The minimum atomic E-state index is 0.000463. The second-order valence-corrected chi connectivity index (χ2v) is 4.78. The van der Waals surface area contributed by atoms with E-state index in [0.29, 0.717) is 12.0 Å². The predicted molar refractivity (Wildman–Crippen MR) is 53.9 cm³/mol. The quantitative estimate of drug-likeness (QED) is 0.552. The molecule has 3 rings (SSSR count). The Kier molecular flexibility index (Phi) is 1.96. The van der Waals surface area contributed by atoms with E-state index in [1.165, 1.54) is 25.7 Å². The number of hydrogen-bond donors (Lipinski definition) is 0. The van der Waals surface area contributed by atoms with Gasteiger partial charge in [-0.05, 0) is 26.2 Å². The highest BCUT2D eigenvalue weighted by Crippen LogP contribution is 2.49. The zero-order valence-electron chi connectivity index (χ0n) is 8.74. The average Bonchev–Trinajstić information content (AvgIpc) is 2.51. The standard InChI is InChI=1S/C12H18O2/c1-9-13-11-7-4-6-10-5-2-3-8-12(10,11)14-9/h4,6,9-11H,2-3,5,7-8H2,1H3. The van der Waals surface area contributed by atoms with Gasteiger partial charge in [0.25, 0.3) is 0 Å². The lowest BCUT2D eigenvalue weighted by atomic mass is 9.69. The van der Waals surface area contributed by atoms with Crippen LogP contribution in [0.5, 0.6) is 0 Å². The fourth-order valence-corrected chi connectivity index (χ4v) is 3.38. The smallest absolute Gasteiger partial charge is 0.156 e. The van der Waals surface area contributed by atoms with Gasteiger partial charge in [0.15, 0.2) is 6.29 Å². The molecule has 1 saturated carbocycles. The minimum Gasteiger partial charge on any atom is -0.346 e. The van der Waals surface area contributed by atoms with Crippen LogP contribution in [0.1, 0.15) is 39.0 Å². The lowest BCUT2D eigenvalue weighted by Gasteiger charge is -2.43. The Balaban J connectivity index is 1.95. The van der Waals surface area contributed by atoms with Gasteiger partial charge in [0, 0.05) is 5.92 Å². The summed E-state index contributed by atoms with van der Waals surface area (Å²) in [5.41, 5.74) is 0.0480. The van der Waals surface area contributed by atoms with Crippen molar-refractivity contribution in [1.29, 1.82) is 0 Å². The van der Waals surface area contributed by atoms with Gasteiger partial charge < -0.3 is 9.47 Å². The molecule has 0 aromatic rings. The van der Waals surface area contributed by atoms with Gasteiger partial charge in [-0.1, -0.05) is 25.0 Å². The summed E-state index contributed by atoms with van der Waals surface area (Å²) in [4.78, 5) is 0. The zero-order valence-corrected chi connectivity index (χ0v) is 8.74. The summed E-state index contributed by atoms with van der Waals surface area (Å²) in [6.07, 6.45) is 11.1. The molecule has 0 amide bonds. The first kappa shape index (κ1) is 8.93. The highest BCUT2D eigenvalue weighted by atomic mass is 16.7. The maximum Gasteiger partial charge on any atom is 0.156 e. The van der Waals surface area contributed by atoms with Gasteiger partial charge in [0.1, 0.15) is 5.60 Å². The molecule has 14 heavy (non-hydrogen) atoms. The number of rotatable bonds is 0. The largest absolute Gasteiger partial charge is 0.346 e. The van der Waals surface area contributed by atoms with Gasteiger partial charge >= 0.3 is 0 Å². The van der Waals surface area contributed by atoms with Crippen LogP contribution in [0, 0.1) is 5.92 Å². The number of ether oxygens (including phenoxy) is 2. The van der Waals surface area contributed by atoms with E-state index in [1.54, 1.807) is 0 Å². The fourth-order valence-electron chi connectivity index (χ4n) is 3.38. The summed E-state index contributed by atoms with van der Waals surface area (Å²) in [5, 5.41) is 0. The van der Waals surface area contributed by atoms with Gasteiger partial charge in [0.2, 0.25) is 0 Å². The molecule has 4 unspecified atom stereocenters. The Bertz CT molecular complexity index is 261. The molecule has 0 aromatic carbocycles.